The van der Waals surface area contributed by atoms with E-state index >= 15 is 0 Å². The van der Waals surface area contributed by atoms with Crippen LogP contribution in [-0.4, -0.2) is 37.3 Å². The summed E-state index contributed by atoms with van der Waals surface area (Å²) in [6.07, 6.45) is 0. The van der Waals surface area contributed by atoms with E-state index in [4.69, 9.17) is 5.73 Å². The number of halogens is 1. The molecule has 0 bridgehead atoms. The Hall–Kier alpha value is -0.790. The molecule has 1 aliphatic heterocycles. The number of anilines is 1. The molecule has 0 amide bonds. The van der Waals surface area contributed by atoms with Gasteiger partial charge in [-0.15, -0.1) is 0 Å². The first-order chi connectivity index (χ1) is 8.43. The van der Waals surface area contributed by atoms with Crippen LogP contribution >= 0.6 is 11.8 Å². The van der Waals surface area contributed by atoms with Gasteiger partial charge < -0.3 is 5.73 Å². The van der Waals surface area contributed by atoms with E-state index in [1.54, 1.807) is 18.7 Å². The quantitative estimate of drug-likeness (QED) is 0.838. The average molecular weight is 290 g/mol. The van der Waals surface area contributed by atoms with E-state index in [0.717, 1.165) is 11.5 Å². The third-order valence-corrected chi connectivity index (χ3v) is 5.76. The minimum Gasteiger partial charge on any atom is -0.398 e. The Bertz CT molecular complexity index is 554. The van der Waals surface area contributed by atoms with E-state index in [-0.39, 0.29) is 4.90 Å². The molecule has 0 atom stereocenters. The van der Waals surface area contributed by atoms with Crippen LogP contribution in [0.15, 0.2) is 17.0 Å². The standard InChI is InChI=1S/C11H15FN2O2S2/c1-8-6-9(12)11(7-10(8)13)18(15,16)14-2-4-17-5-3-14/h6-7H,2-5,13H2,1H3. The van der Waals surface area contributed by atoms with E-state index in [1.165, 1.54) is 16.4 Å². The van der Waals surface area contributed by atoms with E-state index in [9.17, 15) is 12.8 Å². The van der Waals surface area contributed by atoms with Crippen molar-refractivity contribution >= 4 is 27.5 Å². The molecule has 1 aromatic rings. The van der Waals surface area contributed by atoms with E-state index in [1.807, 2.05) is 0 Å². The van der Waals surface area contributed by atoms with Crippen LogP contribution in [0.5, 0.6) is 0 Å². The van der Waals surface area contributed by atoms with Crippen LogP contribution in [0.1, 0.15) is 5.56 Å². The minimum absolute atomic E-state index is 0.293. The van der Waals surface area contributed by atoms with E-state index < -0.39 is 15.8 Å². The number of rotatable bonds is 2. The molecule has 0 spiro atoms. The molecule has 18 heavy (non-hydrogen) atoms. The summed E-state index contributed by atoms with van der Waals surface area (Å²) in [6.45, 7) is 2.48. The maximum Gasteiger partial charge on any atom is 0.246 e. The number of thioether (sulfide) groups is 1. The largest absolute Gasteiger partial charge is 0.398 e. The molecule has 0 aliphatic carbocycles. The summed E-state index contributed by atoms with van der Waals surface area (Å²) in [5.41, 5.74) is 6.50. The molecule has 0 radical (unpaired) electrons. The highest BCUT2D eigenvalue weighted by Crippen LogP contribution is 2.26. The molecule has 1 fully saturated rings. The van der Waals surface area contributed by atoms with Crippen molar-refractivity contribution in [3.05, 3.63) is 23.5 Å². The van der Waals surface area contributed by atoms with Crippen molar-refractivity contribution in [2.45, 2.75) is 11.8 Å². The lowest BCUT2D eigenvalue weighted by atomic mass is 10.2. The van der Waals surface area contributed by atoms with Crippen molar-refractivity contribution in [1.29, 1.82) is 0 Å². The van der Waals surface area contributed by atoms with Gasteiger partial charge in [-0.25, -0.2) is 12.8 Å². The van der Waals surface area contributed by atoms with Crippen molar-refractivity contribution < 1.29 is 12.8 Å². The maximum absolute atomic E-state index is 13.8. The molecule has 1 aliphatic rings. The summed E-state index contributed by atoms with van der Waals surface area (Å²) >= 11 is 1.70. The van der Waals surface area contributed by atoms with Crippen LogP contribution in [0.25, 0.3) is 0 Å². The summed E-state index contributed by atoms with van der Waals surface area (Å²) in [5, 5.41) is 0. The Morgan fingerprint density at radius 3 is 2.56 bits per heavy atom. The van der Waals surface area contributed by atoms with Gasteiger partial charge in [-0.3, -0.25) is 0 Å². The molecular formula is C11H15FN2O2S2. The number of nitrogens with two attached hydrogens (primary N) is 1. The van der Waals surface area contributed by atoms with Crippen LogP contribution in [-0.2, 0) is 10.0 Å². The van der Waals surface area contributed by atoms with Crippen LogP contribution in [0.3, 0.4) is 0 Å². The van der Waals surface area contributed by atoms with Gasteiger partial charge >= 0.3 is 0 Å². The Morgan fingerprint density at radius 1 is 1.33 bits per heavy atom. The second kappa shape index (κ2) is 5.07. The summed E-state index contributed by atoms with van der Waals surface area (Å²) in [6, 6.07) is 2.38. The Morgan fingerprint density at radius 2 is 1.94 bits per heavy atom. The minimum atomic E-state index is -3.77. The number of nitrogens with zero attached hydrogens (tertiary/aromatic N) is 1. The predicted octanol–water partition coefficient (Wildman–Crippen LogP) is 1.45. The monoisotopic (exact) mass is 290 g/mol. The first-order valence-electron chi connectivity index (χ1n) is 5.56. The molecule has 100 valence electrons. The Labute approximate surface area is 110 Å². The predicted molar refractivity (Wildman–Crippen MR) is 71.6 cm³/mol. The highest BCUT2D eigenvalue weighted by Gasteiger charge is 2.29. The van der Waals surface area contributed by atoms with E-state index in [2.05, 4.69) is 0 Å². The van der Waals surface area contributed by atoms with Gasteiger partial charge in [-0.05, 0) is 24.6 Å². The summed E-state index contributed by atoms with van der Waals surface area (Å²) in [5.74, 6) is 0.740. The van der Waals surface area contributed by atoms with Gasteiger partial charge in [-0.2, -0.15) is 16.1 Å². The number of aryl methyl sites for hydroxylation is 1. The molecule has 7 heteroatoms. The van der Waals surface area contributed by atoms with Gasteiger partial charge in [0.25, 0.3) is 0 Å². The van der Waals surface area contributed by atoms with Gasteiger partial charge in [0, 0.05) is 30.3 Å². The number of nitrogen functional groups attached to an aromatic ring is 1. The van der Waals surface area contributed by atoms with Crippen molar-refractivity contribution in [2.75, 3.05) is 30.3 Å². The molecule has 2 rings (SSSR count). The molecule has 0 saturated carbocycles. The topological polar surface area (TPSA) is 63.4 Å². The van der Waals surface area contributed by atoms with Crippen LogP contribution in [0.4, 0.5) is 10.1 Å². The molecule has 0 unspecified atom stereocenters. The second-order valence-electron chi connectivity index (χ2n) is 4.16. The summed E-state index contributed by atoms with van der Waals surface area (Å²) in [7, 11) is -3.77. The lowest BCUT2D eigenvalue weighted by Gasteiger charge is -2.26. The Kier molecular flexibility index (Phi) is 3.84. The first-order valence-corrected chi connectivity index (χ1v) is 8.16. The van der Waals surface area contributed by atoms with E-state index in [0.29, 0.717) is 24.3 Å². The lowest BCUT2D eigenvalue weighted by Crippen LogP contribution is -2.38. The highest BCUT2D eigenvalue weighted by molar-refractivity contribution is 7.99. The molecule has 2 N–H and O–H groups in total. The average Bonchev–Trinajstić information content (AvgIpc) is 2.34. The third-order valence-electron chi connectivity index (χ3n) is 2.91. The van der Waals surface area contributed by atoms with Crippen LogP contribution in [0, 0.1) is 12.7 Å². The lowest BCUT2D eigenvalue weighted by molar-refractivity contribution is 0.438. The molecular weight excluding hydrogens is 275 g/mol. The fourth-order valence-corrected chi connectivity index (χ4v) is 4.45. The number of sulfonamides is 1. The molecule has 1 heterocycles. The molecule has 1 saturated heterocycles. The van der Waals surface area contributed by atoms with Gasteiger partial charge in [0.2, 0.25) is 10.0 Å². The van der Waals surface area contributed by atoms with Gasteiger partial charge in [0.1, 0.15) is 10.7 Å². The number of benzene rings is 1. The maximum atomic E-state index is 13.8. The zero-order valence-electron chi connectivity index (χ0n) is 10.0. The summed E-state index contributed by atoms with van der Waals surface area (Å²) < 4.78 is 39.7. The molecule has 0 aromatic heterocycles. The Balaban J connectivity index is 2.43. The molecule has 4 nitrogen and oxygen atoms in total. The van der Waals surface area contributed by atoms with Crippen molar-refractivity contribution in [3.8, 4) is 0 Å². The highest BCUT2D eigenvalue weighted by atomic mass is 32.2. The molecule has 1 aromatic carbocycles. The van der Waals surface area contributed by atoms with Crippen molar-refractivity contribution in [3.63, 3.8) is 0 Å². The fraction of sp³-hybridized carbons (Fsp3) is 0.455. The normalized spacial score (nSPS) is 17.9. The fourth-order valence-electron chi connectivity index (χ4n) is 1.79. The van der Waals surface area contributed by atoms with Gasteiger partial charge in [0.05, 0.1) is 0 Å². The number of hydrogen-bond acceptors (Lipinski definition) is 4. The number of hydrogen-bond donors (Lipinski definition) is 1. The SMILES string of the molecule is Cc1cc(F)c(S(=O)(=O)N2CCSCC2)cc1N. The van der Waals surface area contributed by atoms with Crippen LogP contribution < -0.4 is 5.73 Å². The smallest absolute Gasteiger partial charge is 0.246 e. The van der Waals surface area contributed by atoms with Gasteiger partial charge in [-0.1, -0.05) is 0 Å². The van der Waals surface area contributed by atoms with Crippen LogP contribution in [0.2, 0.25) is 0 Å². The van der Waals surface area contributed by atoms with Gasteiger partial charge in [0.15, 0.2) is 0 Å². The zero-order chi connectivity index (χ0) is 13.3. The van der Waals surface area contributed by atoms with Crippen molar-refractivity contribution in [2.24, 2.45) is 0 Å². The third kappa shape index (κ3) is 2.48. The zero-order valence-corrected chi connectivity index (χ0v) is 11.7. The summed E-state index contributed by atoms with van der Waals surface area (Å²) in [4.78, 5) is -0.322. The van der Waals surface area contributed by atoms with Crippen molar-refractivity contribution in [1.82, 2.24) is 4.31 Å². The first kappa shape index (κ1) is 13.6. The second-order valence-corrected chi connectivity index (χ2v) is 7.29.